The maximum atomic E-state index is 13.6. The first-order valence-electron chi connectivity index (χ1n) is 11.3. The average Bonchev–Trinajstić information content (AvgIpc) is 2.78. The molecule has 2 aliphatic rings. The summed E-state index contributed by atoms with van der Waals surface area (Å²) in [5, 5.41) is 2.58. The number of pyridine rings is 1. The van der Waals surface area contributed by atoms with Gasteiger partial charge in [-0.3, -0.25) is 14.5 Å². The fraction of sp³-hybridized carbons (Fsp3) is 0.417. The van der Waals surface area contributed by atoms with E-state index in [-0.39, 0.29) is 5.91 Å². The molecule has 0 radical (unpaired) electrons. The van der Waals surface area contributed by atoms with Gasteiger partial charge in [0, 0.05) is 45.7 Å². The van der Waals surface area contributed by atoms with Crippen molar-refractivity contribution in [3.05, 3.63) is 63.8 Å². The van der Waals surface area contributed by atoms with Gasteiger partial charge in [-0.15, -0.1) is 0 Å². The van der Waals surface area contributed by atoms with E-state index in [9.17, 15) is 18.4 Å². The minimum Gasteiger partial charge on any atom is -0.364 e. The summed E-state index contributed by atoms with van der Waals surface area (Å²) in [5.74, 6) is -3.50. The second kappa shape index (κ2) is 8.43. The molecule has 8 nitrogen and oxygen atoms in total. The lowest BCUT2D eigenvalue weighted by Crippen LogP contribution is -2.64. The zero-order chi connectivity index (χ0) is 24.0. The van der Waals surface area contributed by atoms with Gasteiger partial charge >= 0.3 is 0 Å². The van der Waals surface area contributed by atoms with E-state index >= 15 is 0 Å². The number of carbonyl (C=O) groups is 1. The van der Waals surface area contributed by atoms with Gasteiger partial charge in [0.25, 0.3) is 17.4 Å². The van der Waals surface area contributed by atoms with Gasteiger partial charge in [-0.05, 0) is 42.7 Å². The van der Waals surface area contributed by atoms with Gasteiger partial charge in [0.05, 0.1) is 22.9 Å². The molecule has 1 aliphatic heterocycles. The molecule has 1 aliphatic carbocycles. The molecule has 5 rings (SSSR count). The fourth-order valence-electron chi connectivity index (χ4n) is 4.92. The zero-order valence-electron chi connectivity index (χ0n) is 19.0. The first-order chi connectivity index (χ1) is 16.2. The first-order valence-corrected chi connectivity index (χ1v) is 11.3. The molecular weight excluding hydrogens is 442 g/mol. The number of piperazine rings is 1. The van der Waals surface area contributed by atoms with Crippen LogP contribution in [0.4, 0.5) is 14.5 Å². The number of nitrogens with one attached hydrogen (secondary N) is 2. The molecule has 1 aromatic carbocycles. The normalized spacial score (nSPS) is 20.6. The van der Waals surface area contributed by atoms with Gasteiger partial charge in [0.2, 0.25) is 0 Å². The van der Waals surface area contributed by atoms with Crippen molar-refractivity contribution in [3.63, 3.8) is 0 Å². The van der Waals surface area contributed by atoms with Gasteiger partial charge in [0.15, 0.2) is 5.69 Å². The number of amides is 1. The van der Waals surface area contributed by atoms with Crippen LogP contribution in [-0.4, -0.2) is 58.0 Å². The summed E-state index contributed by atoms with van der Waals surface area (Å²) in [7, 11) is 1.58. The van der Waals surface area contributed by atoms with Crippen LogP contribution in [0.15, 0.2) is 41.3 Å². The predicted octanol–water partition coefficient (Wildman–Crippen LogP) is 2.64. The van der Waals surface area contributed by atoms with Crippen LogP contribution in [0.2, 0.25) is 0 Å². The number of hydrogen-bond acceptors (Lipinski definition) is 6. The third-order valence-corrected chi connectivity index (χ3v) is 6.80. The molecule has 2 N–H and O–H groups in total. The van der Waals surface area contributed by atoms with Crippen molar-refractivity contribution in [2.45, 2.75) is 44.3 Å². The SMILES string of the molecule is CNC(=O)c1ccc(N2CCN(Cc3ccc4nc(C(C)(F)F)c(=O)[nH]c4c3)[C@@H]3CC[C@@H]32)cn1. The molecule has 0 bridgehead atoms. The van der Waals surface area contributed by atoms with E-state index < -0.39 is 17.2 Å². The van der Waals surface area contributed by atoms with Gasteiger partial charge in [-0.2, -0.15) is 8.78 Å². The van der Waals surface area contributed by atoms with Crippen LogP contribution in [0, 0.1) is 0 Å². The molecular formula is C24H26F2N6O2. The Balaban J connectivity index is 1.31. The Hall–Kier alpha value is -3.40. The minimum atomic E-state index is -3.29. The summed E-state index contributed by atoms with van der Waals surface area (Å²) in [5.41, 5.74) is 1.59. The van der Waals surface area contributed by atoms with E-state index in [1.54, 1.807) is 25.4 Å². The number of anilines is 1. The number of hydrogen-bond donors (Lipinski definition) is 2. The highest BCUT2D eigenvalue weighted by Crippen LogP contribution is 2.37. The van der Waals surface area contributed by atoms with E-state index in [4.69, 9.17) is 0 Å². The van der Waals surface area contributed by atoms with Crippen molar-refractivity contribution in [3.8, 4) is 0 Å². The minimum absolute atomic E-state index is 0.204. The van der Waals surface area contributed by atoms with E-state index in [1.165, 1.54) is 0 Å². The van der Waals surface area contributed by atoms with Crippen molar-refractivity contribution in [1.29, 1.82) is 0 Å². The second-order valence-corrected chi connectivity index (χ2v) is 9.01. The monoisotopic (exact) mass is 468 g/mol. The number of fused-ring (bicyclic) bond motifs is 2. The Bertz CT molecular complexity index is 1290. The lowest BCUT2D eigenvalue weighted by molar-refractivity contribution is 0.0115. The summed E-state index contributed by atoms with van der Waals surface area (Å²) in [6.45, 7) is 3.06. The number of H-pyrrole nitrogens is 1. The number of rotatable bonds is 5. The van der Waals surface area contributed by atoms with Crippen LogP contribution in [0.25, 0.3) is 11.0 Å². The lowest BCUT2D eigenvalue weighted by Gasteiger charge is -2.54. The molecule has 178 valence electrons. The van der Waals surface area contributed by atoms with Gasteiger partial charge in [0.1, 0.15) is 5.69 Å². The van der Waals surface area contributed by atoms with Crippen LogP contribution in [0.3, 0.4) is 0 Å². The summed E-state index contributed by atoms with van der Waals surface area (Å²) >= 11 is 0. The number of halogens is 2. The molecule has 34 heavy (non-hydrogen) atoms. The number of carbonyl (C=O) groups excluding carboxylic acids is 1. The van der Waals surface area contributed by atoms with Gasteiger partial charge < -0.3 is 15.2 Å². The highest BCUT2D eigenvalue weighted by atomic mass is 19.3. The largest absolute Gasteiger partial charge is 0.364 e. The number of alkyl halides is 2. The smallest absolute Gasteiger partial charge is 0.292 e. The molecule has 2 aromatic heterocycles. The van der Waals surface area contributed by atoms with Crippen LogP contribution in [0.1, 0.15) is 41.5 Å². The highest BCUT2D eigenvalue weighted by Gasteiger charge is 2.43. The molecule has 3 aromatic rings. The summed E-state index contributed by atoms with van der Waals surface area (Å²) in [6, 6.07) is 9.85. The van der Waals surface area contributed by atoms with Crippen LogP contribution in [0.5, 0.6) is 0 Å². The van der Waals surface area contributed by atoms with Crippen molar-refractivity contribution < 1.29 is 13.6 Å². The molecule has 1 saturated heterocycles. The molecule has 0 spiro atoms. The Kier molecular flexibility index (Phi) is 5.55. The molecule has 2 fully saturated rings. The van der Waals surface area contributed by atoms with Crippen LogP contribution in [-0.2, 0) is 12.5 Å². The number of aromatic nitrogens is 3. The molecule has 1 saturated carbocycles. The first kappa shape index (κ1) is 22.4. The molecule has 0 unspecified atom stereocenters. The van der Waals surface area contributed by atoms with Crippen LogP contribution < -0.4 is 15.8 Å². The van der Waals surface area contributed by atoms with E-state index in [0.29, 0.717) is 42.3 Å². The van der Waals surface area contributed by atoms with E-state index in [1.807, 2.05) is 18.2 Å². The summed E-state index contributed by atoms with van der Waals surface area (Å²) < 4.78 is 27.3. The maximum Gasteiger partial charge on any atom is 0.292 e. The second-order valence-electron chi connectivity index (χ2n) is 9.01. The maximum absolute atomic E-state index is 13.6. The summed E-state index contributed by atoms with van der Waals surface area (Å²) in [6.07, 6.45) is 3.93. The Morgan fingerprint density at radius 2 is 2.00 bits per heavy atom. The zero-order valence-corrected chi connectivity index (χ0v) is 19.0. The van der Waals surface area contributed by atoms with Gasteiger partial charge in [-0.1, -0.05) is 6.07 Å². The fourth-order valence-corrected chi connectivity index (χ4v) is 4.92. The Morgan fingerprint density at radius 3 is 2.65 bits per heavy atom. The van der Waals surface area contributed by atoms with Crippen molar-refractivity contribution in [2.75, 3.05) is 25.0 Å². The summed E-state index contributed by atoms with van der Waals surface area (Å²) in [4.78, 5) is 39.4. The third-order valence-electron chi connectivity index (χ3n) is 6.80. The standard InChI is InChI=1S/C24H26F2N6O2/c1-24(25,26)21-23(34)30-18-11-14(3-5-16(18)29-21)13-31-9-10-32(20-8-7-19(20)31)15-4-6-17(28-12-15)22(33)27-2/h3-6,11-12,19-20H,7-10,13H2,1-2H3,(H,27,33)(H,30,34)/t19-,20+/m1/s1. The van der Waals surface area contributed by atoms with E-state index in [2.05, 4.69) is 30.1 Å². The Labute approximate surface area is 195 Å². The van der Waals surface area contributed by atoms with E-state index in [0.717, 1.165) is 37.2 Å². The Morgan fingerprint density at radius 1 is 1.21 bits per heavy atom. The third kappa shape index (κ3) is 4.02. The number of benzene rings is 1. The molecule has 3 heterocycles. The quantitative estimate of drug-likeness (QED) is 0.598. The predicted molar refractivity (Wildman–Crippen MR) is 124 cm³/mol. The molecule has 2 atom stereocenters. The number of aromatic amines is 1. The topological polar surface area (TPSA) is 94.2 Å². The van der Waals surface area contributed by atoms with Crippen molar-refractivity contribution >= 4 is 22.6 Å². The number of nitrogens with zero attached hydrogens (tertiary/aromatic N) is 4. The lowest BCUT2D eigenvalue weighted by atomic mass is 9.81. The molecule has 1 amide bonds. The van der Waals surface area contributed by atoms with Crippen LogP contribution >= 0.6 is 0 Å². The van der Waals surface area contributed by atoms with Crippen molar-refractivity contribution in [1.82, 2.24) is 25.2 Å². The highest BCUT2D eigenvalue weighted by molar-refractivity contribution is 5.92. The average molecular weight is 469 g/mol. The van der Waals surface area contributed by atoms with Crippen molar-refractivity contribution in [2.24, 2.45) is 0 Å². The molecule has 10 heteroatoms. The van der Waals surface area contributed by atoms with Gasteiger partial charge in [-0.25, -0.2) is 9.97 Å².